The Balaban J connectivity index is 2.11. The lowest BCUT2D eigenvalue weighted by Gasteiger charge is -2.33. The molecule has 1 aliphatic rings. The Morgan fingerprint density at radius 3 is 2.86 bits per heavy atom. The van der Waals surface area contributed by atoms with Gasteiger partial charge in [-0.3, -0.25) is 9.63 Å². The average molecular weight is 293 g/mol. The van der Waals surface area contributed by atoms with Crippen LogP contribution >= 0.6 is 0 Å². The average Bonchev–Trinajstić information content (AvgIpc) is 2.52. The van der Waals surface area contributed by atoms with Crippen LogP contribution in [0.2, 0.25) is 0 Å². The van der Waals surface area contributed by atoms with Crippen molar-refractivity contribution in [2.45, 2.75) is 19.1 Å². The molecule has 1 aromatic rings. The van der Waals surface area contributed by atoms with Crippen molar-refractivity contribution in [1.82, 2.24) is 10.3 Å². The number of aliphatic hydroxyl groups excluding tert-OH is 2. The first-order chi connectivity index (χ1) is 10.2. The standard InChI is InChI=1S/C14H19N3O4/c1-10-2-4-12(9-19)17(21-10)13-5-3-11(8-16-13)14(20)15-6-7-18/h2-5,8,10,12,18-19H,6-7,9H2,1H3,(H,15,20). The fourth-order valence-electron chi connectivity index (χ4n) is 1.94. The van der Waals surface area contributed by atoms with Crippen LogP contribution < -0.4 is 10.4 Å². The molecule has 0 bridgehead atoms. The fraction of sp³-hybridized carbons (Fsp3) is 0.429. The zero-order chi connectivity index (χ0) is 15.2. The van der Waals surface area contributed by atoms with Crippen molar-refractivity contribution in [3.63, 3.8) is 0 Å². The van der Waals surface area contributed by atoms with E-state index in [1.165, 1.54) is 11.3 Å². The van der Waals surface area contributed by atoms with Gasteiger partial charge in [-0.15, -0.1) is 0 Å². The minimum atomic E-state index is -0.303. The molecule has 21 heavy (non-hydrogen) atoms. The van der Waals surface area contributed by atoms with Crippen molar-refractivity contribution in [1.29, 1.82) is 0 Å². The van der Waals surface area contributed by atoms with Crippen LogP contribution in [0.4, 0.5) is 5.82 Å². The second-order valence-corrected chi connectivity index (χ2v) is 4.66. The molecule has 0 spiro atoms. The zero-order valence-electron chi connectivity index (χ0n) is 11.8. The van der Waals surface area contributed by atoms with Gasteiger partial charge >= 0.3 is 0 Å². The van der Waals surface area contributed by atoms with Crippen LogP contribution in [0, 0.1) is 0 Å². The van der Waals surface area contributed by atoms with E-state index in [-0.39, 0.29) is 37.8 Å². The molecule has 1 amide bonds. The molecule has 0 fully saturated rings. The van der Waals surface area contributed by atoms with Crippen LogP contribution in [-0.4, -0.2) is 53.0 Å². The van der Waals surface area contributed by atoms with Crippen LogP contribution in [0.3, 0.4) is 0 Å². The number of rotatable bonds is 5. The number of hydroxylamine groups is 1. The predicted octanol–water partition coefficient (Wildman–Crippen LogP) is -0.139. The van der Waals surface area contributed by atoms with Gasteiger partial charge in [0.2, 0.25) is 0 Å². The van der Waals surface area contributed by atoms with E-state index >= 15 is 0 Å². The summed E-state index contributed by atoms with van der Waals surface area (Å²) in [6.45, 7) is 1.88. The Hall–Kier alpha value is -1.96. The summed E-state index contributed by atoms with van der Waals surface area (Å²) in [6.07, 6.45) is 5.05. The summed E-state index contributed by atoms with van der Waals surface area (Å²) in [5, 5.41) is 22.1. The molecule has 2 heterocycles. The highest BCUT2D eigenvalue weighted by molar-refractivity contribution is 5.94. The van der Waals surface area contributed by atoms with E-state index in [9.17, 15) is 9.90 Å². The lowest BCUT2D eigenvalue weighted by molar-refractivity contribution is 0.0383. The molecule has 114 valence electrons. The van der Waals surface area contributed by atoms with E-state index in [1.54, 1.807) is 12.1 Å². The van der Waals surface area contributed by atoms with Crippen molar-refractivity contribution in [2.75, 3.05) is 24.8 Å². The van der Waals surface area contributed by atoms with Crippen molar-refractivity contribution in [3.05, 3.63) is 36.0 Å². The van der Waals surface area contributed by atoms with Crippen molar-refractivity contribution in [3.8, 4) is 0 Å². The van der Waals surface area contributed by atoms with Gasteiger partial charge in [0.05, 0.1) is 24.8 Å². The quantitative estimate of drug-likeness (QED) is 0.654. The highest BCUT2D eigenvalue weighted by Gasteiger charge is 2.24. The van der Waals surface area contributed by atoms with Gasteiger partial charge in [0.15, 0.2) is 5.82 Å². The first-order valence-corrected chi connectivity index (χ1v) is 6.76. The minimum Gasteiger partial charge on any atom is -0.395 e. The number of carbonyl (C=O) groups excluding carboxylic acids is 1. The Bertz CT molecular complexity index is 503. The smallest absolute Gasteiger partial charge is 0.252 e. The Labute approximate surface area is 122 Å². The second-order valence-electron chi connectivity index (χ2n) is 4.66. The van der Waals surface area contributed by atoms with Crippen LogP contribution in [0.15, 0.2) is 30.5 Å². The van der Waals surface area contributed by atoms with Gasteiger partial charge in [-0.05, 0) is 19.1 Å². The number of carbonyl (C=O) groups is 1. The third kappa shape index (κ3) is 3.78. The lowest BCUT2D eigenvalue weighted by atomic mass is 10.2. The summed E-state index contributed by atoms with van der Waals surface area (Å²) in [7, 11) is 0. The van der Waals surface area contributed by atoms with E-state index in [1.807, 2.05) is 19.1 Å². The van der Waals surface area contributed by atoms with Crippen LogP contribution in [0.1, 0.15) is 17.3 Å². The highest BCUT2D eigenvalue weighted by Crippen LogP contribution is 2.21. The highest BCUT2D eigenvalue weighted by atomic mass is 16.7. The molecule has 2 atom stereocenters. The van der Waals surface area contributed by atoms with E-state index in [4.69, 9.17) is 9.94 Å². The molecular weight excluding hydrogens is 274 g/mol. The summed E-state index contributed by atoms with van der Waals surface area (Å²) in [6, 6.07) is 2.97. The molecule has 0 aromatic carbocycles. The largest absolute Gasteiger partial charge is 0.395 e. The third-order valence-corrected chi connectivity index (χ3v) is 3.01. The maximum absolute atomic E-state index is 11.7. The van der Waals surface area contributed by atoms with Crippen molar-refractivity contribution < 1.29 is 19.8 Å². The first kappa shape index (κ1) is 15.4. The fourth-order valence-corrected chi connectivity index (χ4v) is 1.94. The molecule has 0 saturated carbocycles. The second kappa shape index (κ2) is 7.16. The monoisotopic (exact) mass is 293 g/mol. The van der Waals surface area contributed by atoms with E-state index in [0.29, 0.717) is 11.4 Å². The zero-order valence-corrected chi connectivity index (χ0v) is 11.8. The van der Waals surface area contributed by atoms with Gasteiger partial charge in [-0.2, -0.15) is 0 Å². The number of amides is 1. The third-order valence-electron chi connectivity index (χ3n) is 3.01. The van der Waals surface area contributed by atoms with Crippen molar-refractivity contribution >= 4 is 11.7 Å². The van der Waals surface area contributed by atoms with Crippen LogP contribution in [0.25, 0.3) is 0 Å². The summed E-state index contributed by atoms with van der Waals surface area (Å²) in [5.41, 5.74) is 0.397. The molecule has 0 radical (unpaired) electrons. The number of aliphatic hydroxyl groups is 2. The molecule has 7 heteroatoms. The maximum Gasteiger partial charge on any atom is 0.252 e. The summed E-state index contributed by atoms with van der Waals surface area (Å²) < 4.78 is 0. The molecule has 2 unspecified atom stereocenters. The maximum atomic E-state index is 11.7. The number of pyridine rings is 1. The number of hydrogen-bond acceptors (Lipinski definition) is 6. The van der Waals surface area contributed by atoms with Gasteiger partial charge in [0, 0.05) is 12.7 Å². The lowest BCUT2D eigenvalue weighted by Crippen LogP contribution is -2.42. The molecule has 0 saturated heterocycles. The predicted molar refractivity (Wildman–Crippen MR) is 76.7 cm³/mol. The molecule has 1 aliphatic heterocycles. The van der Waals surface area contributed by atoms with Gasteiger partial charge in [0.1, 0.15) is 6.10 Å². The Kier molecular flexibility index (Phi) is 5.26. The Morgan fingerprint density at radius 1 is 1.43 bits per heavy atom. The van der Waals surface area contributed by atoms with E-state index in [2.05, 4.69) is 10.3 Å². The van der Waals surface area contributed by atoms with Gasteiger partial charge in [-0.25, -0.2) is 10.0 Å². The number of anilines is 1. The topological polar surface area (TPSA) is 94.9 Å². The SMILES string of the molecule is CC1C=CC(CO)N(c2ccc(C(=O)NCCO)cn2)O1. The van der Waals surface area contributed by atoms with Gasteiger partial charge < -0.3 is 15.5 Å². The number of nitrogens with zero attached hydrogens (tertiary/aromatic N) is 2. The number of aromatic nitrogens is 1. The van der Waals surface area contributed by atoms with E-state index < -0.39 is 0 Å². The molecular formula is C14H19N3O4. The normalized spacial score (nSPS) is 21.4. The van der Waals surface area contributed by atoms with E-state index in [0.717, 1.165) is 0 Å². The van der Waals surface area contributed by atoms with Gasteiger partial charge in [-0.1, -0.05) is 12.2 Å². The van der Waals surface area contributed by atoms with Crippen LogP contribution in [0.5, 0.6) is 0 Å². The number of hydrogen-bond donors (Lipinski definition) is 3. The molecule has 2 rings (SSSR count). The van der Waals surface area contributed by atoms with Crippen molar-refractivity contribution in [2.24, 2.45) is 0 Å². The van der Waals surface area contributed by atoms with Crippen LogP contribution in [-0.2, 0) is 4.84 Å². The summed E-state index contributed by atoms with van der Waals surface area (Å²) >= 11 is 0. The summed E-state index contributed by atoms with van der Waals surface area (Å²) in [4.78, 5) is 21.5. The van der Waals surface area contributed by atoms with Gasteiger partial charge in [0.25, 0.3) is 5.91 Å². The minimum absolute atomic E-state index is 0.0936. The molecule has 7 nitrogen and oxygen atoms in total. The Morgan fingerprint density at radius 2 is 2.24 bits per heavy atom. The molecule has 1 aromatic heterocycles. The number of nitrogens with one attached hydrogen (secondary N) is 1. The molecule has 0 aliphatic carbocycles. The summed E-state index contributed by atoms with van der Waals surface area (Å²) in [5.74, 6) is 0.221. The first-order valence-electron chi connectivity index (χ1n) is 6.76. The molecule has 3 N–H and O–H groups in total.